The van der Waals surface area contributed by atoms with E-state index in [1.165, 1.54) is 0 Å². The SMILES string of the molecule is C=Cc1cnc(C)cc1C(=C)C. The fourth-order valence-corrected chi connectivity index (χ4v) is 1.10. The van der Waals surface area contributed by atoms with Gasteiger partial charge in [-0.1, -0.05) is 24.8 Å². The summed E-state index contributed by atoms with van der Waals surface area (Å²) in [5.41, 5.74) is 4.25. The lowest BCUT2D eigenvalue weighted by Gasteiger charge is -2.05. The lowest BCUT2D eigenvalue weighted by molar-refractivity contribution is 1.18. The molecule has 0 bridgehead atoms. The average Bonchev–Trinajstić information content (AvgIpc) is 2.04. The van der Waals surface area contributed by atoms with Crippen LogP contribution in [0.2, 0.25) is 0 Å². The second-order valence-electron chi connectivity index (χ2n) is 2.90. The van der Waals surface area contributed by atoms with Crippen molar-refractivity contribution in [2.24, 2.45) is 0 Å². The quantitative estimate of drug-likeness (QED) is 0.646. The monoisotopic (exact) mass is 159 g/mol. The van der Waals surface area contributed by atoms with Gasteiger partial charge in [-0.2, -0.15) is 0 Å². The highest BCUT2D eigenvalue weighted by Gasteiger charge is 2.00. The Morgan fingerprint density at radius 3 is 2.75 bits per heavy atom. The van der Waals surface area contributed by atoms with Gasteiger partial charge in [-0.05, 0) is 31.0 Å². The molecule has 1 heteroatoms. The van der Waals surface area contributed by atoms with Gasteiger partial charge in [0.15, 0.2) is 0 Å². The van der Waals surface area contributed by atoms with Crippen molar-refractivity contribution in [3.05, 3.63) is 42.2 Å². The summed E-state index contributed by atoms with van der Waals surface area (Å²) in [6.45, 7) is 11.6. The highest BCUT2D eigenvalue weighted by Crippen LogP contribution is 2.18. The lowest BCUT2D eigenvalue weighted by atomic mass is 10.0. The predicted molar refractivity (Wildman–Crippen MR) is 53.8 cm³/mol. The smallest absolute Gasteiger partial charge is 0.0379 e. The third kappa shape index (κ3) is 1.62. The van der Waals surface area contributed by atoms with Crippen LogP contribution in [-0.4, -0.2) is 4.98 Å². The number of allylic oxidation sites excluding steroid dienone is 1. The van der Waals surface area contributed by atoms with Crippen LogP contribution in [-0.2, 0) is 0 Å². The molecule has 1 aromatic rings. The second-order valence-corrected chi connectivity index (χ2v) is 2.90. The topological polar surface area (TPSA) is 12.9 Å². The summed E-state index contributed by atoms with van der Waals surface area (Å²) in [7, 11) is 0. The van der Waals surface area contributed by atoms with E-state index in [0.717, 1.165) is 22.4 Å². The highest BCUT2D eigenvalue weighted by atomic mass is 14.7. The minimum Gasteiger partial charge on any atom is -0.261 e. The molecule has 0 spiro atoms. The van der Waals surface area contributed by atoms with E-state index in [1.54, 1.807) is 6.08 Å². The summed E-state index contributed by atoms with van der Waals surface area (Å²) in [6.07, 6.45) is 3.63. The van der Waals surface area contributed by atoms with Gasteiger partial charge in [0, 0.05) is 11.9 Å². The van der Waals surface area contributed by atoms with E-state index < -0.39 is 0 Å². The molecule has 0 saturated carbocycles. The maximum atomic E-state index is 4.18. The molecule has 0 saturated heterocycles. The maximum Gasteiger partial charge on any atom is 0.0379 e. The molecule has 0 atom stereocenters. The largest absolute Gasteiger partial charge is 0.261 e. The van der Waals surface area contributed by atoms with Gasteiger partial charge in [-0.15, -0.1) is 0 Å². The molecule has 0 aromatic carbocycles. The molecule has 0 aliphatic heterocycles. The number of aromatic nitrogens is 1. The zero-order chi connectivity index (χ0) is 9.14. The van der Waals surface area contributed by atoms with Crippen molar-refractivity contribution in [2.75, 3.05) is 0 Å². The Balaban J connectivity index is 3.30. The van der Waals surface area contributed by atoms with Gasteiger partial charge in [0.25, 0.3) is 0 Å². The third-order valence-electron chi connectivity index (χ3n) is 1.75. The molecule has 1 aromatic heterocycles. The number of aryl methyl sites for hydroxylation is 1. The Bertz CT molecular complexity index is 324. The molecule has 0 radical (unpaired) electrons. The van der Waals surface area contributed by atoms with Gasteiger partial charge >= 0.3 is 0 Å². The first-order valence-electron chi connectivity index (χ1n) is 3.90. The van der Waals surface area contributed by atoms with Gasteiger partial charge < -0.3 is 0 Å². The maximum absolute atomic E-state index is 4.18. The van der Waals surface area contributed by atoms with Crippen molar-refractivity contribution < 1.29 is 0 Å². The summed E-state index contributed by atoms with van der Waals surface area (Å²) >= 11 is 0. The molecular weight excluding hydrogens is 146 g/mol. The zero-order valence-corrected chi connectivity index (χ0v) is 7.59. The molecule has 0 aliphatic rings. The minimum absolute atomic E-state index is 1.01. The normalized spacial score (nSPS) is 9.50. The van der Waals surface area contributed by atoms with Crippen LogP contribution >= 0.6 is 0 Å². The molecule has 0 N–H and O–H groups in total. The van der Waals surface area contributed by atoms with E-state index in [4.69, 9.17) is 0 Å². The van der Waals surface area contributed by atoms with Gasteiger partial charge in [0.2, 0.25) is 0 Å². The number of rotatable bonds is 2. The van der Waals surface area contributed by atoms with E-state index in [2.05, 4.69) is 18.1 Å². The van der Waals surface area contributed by atoms with Crippen molar-refractivity contribution >= 4 is 11.6 Å². The van der Waals surface area contributed by atoms with Gasteiger partial charge in [0.1, 0.15) is 0 Å². The molecule has 0 unspecified atom stereocenters. The number of hydrogen-bond acceptors (Lipinski definition) is 1. The van der Waals surface area contributed by atoms with Gasteiger partial charge in [-0.25, -0.2) is 0 Å². The van der Waals surface area contributed by atoms with Crippen molar-refractivity contribution in [3.8, 4) is 0 Å². The summed E-state index contributed by atoms with van der Waals surface area (Å²) in [6, 6.07) is 2.03. The molecule has 0 amide bonds. The Morgan fingerprint density at radius 1 is 1.58 bits per heavy atom. The van der Waals surface area contributed by atoms with Crippen molar-refractivity contribution in [1.82, 2.24) is 4.98 Å². The molecule has 1 rings (SSSR count). The molecule has 1 heterocycles. The number of pyridine rings is 1. The van der Waals surface area contributed by atoms with E-state index in [-0.39, 0.29) is 0 Å². The van der Waals surface area contributed by atoms with Crippen LogP contribution < -0.4 is 0 Å². The summed E-state index contributed by atoms with van der Waals surface area (Å²) in [4.78, 5) is 4.18. The van der Waals surface area contributed by atoms with Crippen LogP contribution in [0.4, 0.5) is 0 Å². The zero-order valence-electron chi connectivity index (χ0n) is 7.59. The molecular formula is C11H13N. The molecule has 62 valence electrons. The third-order valence-corrected chi connectivity index (χ3v) is 1.75. The number of hydrogen-bond donors (Lipinski definition) is 0. The lowest BCUT2D eigenvalue weighted by Crippen LogP contribution is -1.89. The standard InChI is InChI=1S/C11H13N/c1-5-10-7-12-9(4)6-11(10)8(2)3/h5-7H,1-2H2,3-4H3. The van der Waals surface area contributed by atoms with E-state index in [1.807, 2.05) is 26.1 Å². The summed E-state index contributed by atoms with van der Waals surface area (Å²) in [5.74, 6) is 0. The van der Waals surface area contributed by atoms with Crippen LogP contribution in [0.3, 0.4) is 0 Å². The number of nitrogens with zero attached hydrogens (tertiary/aromatic N) is 1. The molecule has 0 aliphatic carbocycles. The first-order valence-corrected chi connectivity index (χ1v) is 3.90. The molecule has 12 heavy (non-hydrogen) atoms. The highest BCUT2D eigenvalue weighted by molar-refractivity contribution is 5.70. The Kier molecular flexibility index (Phi) is 2.44. The van der Waals surface area contributed by atoms with E-state index >= 15 is 0 Å². The Hall–Kier alpha value is -1.37. The van der Waals surface area contributed by atoms with E-state index in [0.29, 0.717) is 0 Å². The van der Waals surface area contributed by atoms with Crippen molar-refractivity contribution in [3.63, 3.8) is 0 Å². The van der Waals surface area contributed by atoms with Gasteiger partial charge in [0.05, 0.1) is 0 Å². The van der Waals surface area contributed by atoms with Crippen LogP contribution in [0.15, 0.2) is 25.4 Å². The van der Waals surface area contributed by atoms with Crippen molar-refractivity contribution in [2.45, 2.75) is 13.8 Å². The predicted octanol–water partition coefficient (Wildman–Crippen LogP) is 3.07. The Labute approximate surface area is 73.5 Å². The second kappa shape index (κ2) is 3.35. The van der Waals surface area contributed by atoms with E-state index in [9.17, 15) is 0 Å². The fraction of sp³-hybridized carbons (Fsp3) is 0.182. The first-order chi connectivity index (χ1) is 5.65. The minimum atomic E-state index is 1.01. The average molecular weight is 159 g/mol. The van der Waals surface area contributed by atoms with Crippen LogP contribution in [0.25, 0.3) is 11.6 Å². The Morgan fingerprint density at radius 2 is 2.25 bits per heavy atom. The fourth-order valence-electron chi connectivity index (χ4n) is 1.10. The molecule has 1 nitrogen and oxygen atoms in total. The van der Waals surface area contributed by atoms with Crippen LogP contribution in [0.5, 0.6) is 0 Å². The molecule has 0 fully saturated rings. The van der Waals surface area contributed by atoms with Crippen LogP contribution in [0.1, 0.15) is 23.7 Å². The first kappa shape index (κ1) is 8.72. The van der Waals surface area contributed by atoms with Crippen molar-refractivity contribution in [1.29, 1.82) is 0 Å². The van der Waals surface area contributed by atoms with Gasteiger partial charge in [-0.3, -0.25) is 4.98 Å². The summed E-state index contributed by atoms with van der Waals surface area (Å²) < 4.78 is 0. The summed E-state index contributed by atoms with van der Waals surface area (Å²) in [5, 5.41) is 0. The van der Waals surface area contributed by atoms with Crippen LogP contribution in [0, 0.1) is 6.92 Å².